The Bertz CT molecular complexity index is 1320. The monoisotopic (exact) mass is 495 g/mol. The molecule has 3 heterocycles. The number of hydrogen-bond acceptors (Lipinski definition) is 6. The van der Waals surface area contributed by atoms with Crippen LogP contribution >= 0.6 is 15.9 Å². The summed E-state index contributed by atoms with van der Waals surface area (Å²) in [5, 5.41) is 7.37. The van der Waals surface area contributed by atoms with Crippen LogP contribution < -0.4 is 10.9 Å². The van der Waals surface area contributed by atoms with Crippen molar-refractivity contribution in [2.24, 2.45) is 0 Å². The number of pyridine rings is 1. The maximum atomic E-state index is 12.4. The van der Waals surface area contributed by atoms with Gasteiger partial charge in [0.15, 0.2) is 5.76 Å². The van der Waals surface area contributed by atoms with Crippen molar-refractivity contribution in [3.63, 3.8) is 0 Å². The molecule has 7 nitrogen and oxygen atoms in total. The number of rotatable bonds is 6. The Morgan fingerprint density at radius 2 is 1.91 bits per heavy atom. The molecule has 32 heavy (non-hydrogen) atoms. The first-order valence-electron chi connectivity index (χ1n) is 10.3. The zero-order chi connectivity index (χ0) is 22.8. The smallest absolute Gasteiger partial charge is 0.265 e. The summed E-state index contributed by atoms with van der Waals surface area (Å²) < 4.78 is 7.78. The Morgan fingerprint density at radius 3 is 2.59 bits per heavy atom. The Kier molecular flexibility index (Phi) is 6.34. The normalized spacial score (nSPS) is 11.3. The minimum absolute atomic E-state index is 0. The van der Waals surface area contributed by atoms with Gasteiger partial charge in [0.25, 0.3) is 5.56 Å². The standard InChI is InChI=1S/C24H24BrN5O2.H2/c1-14(2)30-13-18(9-19(25)24(30)31)21-12-27-15(3)23(28-21)22-10-20(29-32-22)17-7-5-16(6-8-17)11-26-4;/h5-10,12-14,26H,11H2,1-4H3;1H. The van der Waals surface area contributed by atoms with Gasteiger partial charge in [-0.1, -0.05) is 29.4 Å². The predicted molar refractivity (Wildman–Crippen MR) is 130 cm³/mol. The minimum Gasteiger partial charge on any atom is -0.354 e. The van der Waals surface area contributed by atoms with Gasteiger partial charge >= 0.3 is 0 Å². The first kappa shape index (κ1) is 22.1. The number of nitrogens with one attached hydrogen (secondary N) is 1. The maximum Gasteiger partial charge on any atom is 0.265 e. The molecule has 0 fully saturated rings. The van der Waals surface area contributed by atoms with Crippen LogP contribution in [0.1, 0.15) is 32.6 Å². The van der Waals surface area contributed by atoms with E-state index < -0.39 is 0 Å². The Labute approximate surface area is 196 Å². The third kappa shape index (κ3) is 4.42. The van der Waals surface area contributed by atoms with Gasteiger partial charge in [-0.05, 0) is 55.4 Å². The summed E-state index contributed by atoms with van der Waals surface area (Å²) in [6, 6.07) is 11.8. The second-order valence-corrected chi connectivity index (χ2v) is 8.73. The molecule has 0 spiro atoms. The van der Waals surface area contributed by atoms with Crippen molar-refractivity contribution in [2.45, 2.75) is 33.4 Å². The van der Waals surface area contributed by atoms with Crippen LogP contribution in [0.25, 0.3) is 34.0 Å². The van der Waals surface area contributed by atoms with E-state index in [1.54, 1.807) is 23.0 Å². The van der Waals surface area contributed by atoms with Crippen LogP contribution in [0.15, 0.2) is 62.6 Å². The summed E-state index contributed by atoms with van der Waals surface area (Å²) in [5.74, 6) is 0.544. The molecule has 8 heteroatoms. The van der Waals surface area contributed by atoms with Crippen molar-refractivity contribution in [1.29, 1.82) is 0 Å². The van der Waals surface area contributed by atoms with E-state index in [2.05, 4.69) is 43.5 Å². The van der Waals surface area contributed by atoms with Gasteiger partial charge in [-0.15, -0.1) is 0 Å². The third-order valence-corrected chi connectivity index (χ3v) is 5.75. The fourth-order valence-electron chi connectivity index (χ4n) is 3.43. The molecular weight excluding hydrogens is 470 g/mol. The molecule has 3 aromatic heterocycles. The van der Waals surface area contributed by atoms with Gasteiger partial charge in [0.1, 0.15) is 11.4 Å². The molecule has 0 atom stereocenters. The van der Waals surface area contributed by atoms with E-state index in [0.717, 1.165) is 29.1 Å². The molecule has 1 N–H and O–H groups in total. The van der Waals surface area contributed by atoms with Gasteiger partial charge in [0.05, 0.1) is 22.1 Å². The summed E-state index contributed by atoms with van der Waals surface area (Å²) in [6.45, 7) is 6.62. The molecule has 0 saturated carbocycles. The number of nitrogens with zero attached hydrogens (tertiary/aromatic N) is 4. The lowest BCUT2D eigenvalue weighted by molar-refractivity contribution is 0.433. The molecule has 0 radical (unpaired) electrons. The Morgan fingerprint density at radius 1 is 1.16 bits per heavy atom. The fourth-order valence-corrected chi connectivity index (χ4v) is 3.88. The summed E-state index contributed by atoms with van der Waals surface area (Å²) in [6.07, 6.45) is 3.51. The van der Waals surface area contributed by atoms with Crippen molar-refractivity contribution in [1.82, 2.24) is 25.0 Å². The molecule has 0 aliphatic rings. The zero-order valence-electron chi connectivity index (χ0n) is 18.4. The highest BCUT2D eigenvalue weighted by molar-refractivity contribution is 9.10. The summed E-state index contributed by atoms with van der Waals surface area (Å²) in [7, 11) is 1.92. The van der Waals surface area contributed by atoms with Gasteiger partial charge in [0.2, 0.25) is 0 Å². The molecule has 0 amide bonds. The summed E-state index contributed by atoms with van der Waals surface area (Å²) >= 11 is 3.37. The summed E-state index contributed by atoms with van der Waals surface area (Å²) in [5.41, 5.74) is 5.61. The molecule has 0 aliphatic heterocycles. The second kappa shape index (κ2) is 9.18. The number of aromatic nitrogens is 4. The van der Waals surface area contributed by atoms with E-state index in [4.69, 9.17) is 9.51 Å². The van der Waals surface area contributed by atoms with Crippen LogP contribution in [0.5, 0.6) is 0 Å². The van der Waals surface area contributed by atoms with Gasteiger partial charge in [0, 0.05) is 37.4 Å². The molecule has 0 aliphatic carbocycles. The van der Waals surface area contributed by atoms with Crippen molar-refractivity contribution in [3.8, 4) is 34.0 Å². The van der Waals surface area contributed by atoms with E-state index in [1.807, 2.05) is 46.0 Å². The van der Waals surface area contributed by atoms with Crippen LogP contribution in [0.2, 0.25) is 0 Å². The number of benzene rings is 1. The first-order valence-corrected chi connectivity index (χ1v) is 11.1. The zero-order valence-corrected chi connectivity index (χ0v) is 20.0. The number of halogens is 1. The first-order chi connectivity index (χ1) is 15.4. The van der Waals surface area contributed by atoms with E-state index >= 15 is 0 Å². The van der Waals surface area contributed by atoms with Crippen LogP contribution in [-0.4, -0.2) is 26.7 Å². The average Bonchev–Trinajstić information content (AvgIpc) is 3.26. The van der Waals surface area contributed by atoms with Crippen LogP contribution in [0.3, 0.4) is 0 Å². The summed E-state index contributed by atoms with van der Waals surface area (Å²) in [4.78, 5) is 21.7. The molecule has 0 bridgehead atoms. The Hall–Kier alpha value is -3.10. The maximum absolute atomic E-state index is 12.4. The lowest BCUT2D eigenvalue weighted by Crippen LogP contribution is -2.22. The van der Waals surface area contributed by atoms with Crippen LogP contribution in [0.4, 0.5) is 0 Å². The molecule has 0 unspecified atom stereocenters. The van der Waals surface area contributed by atoms with Gasteiger partial charge in [-0.25, -0.2) is 4.98 Å². The lowest BCUT2D eigenvalue weighted by Gasteiger charge is -2.13. The highest BCUT2D eigenvalue weighted by Gasteiger charge is 2.16. The SMILES string of the molecule is CNCc1ccc(-c2cc(-c3nc(-c4cc(Br)c(=O)n(C(C)C)c4)cnc3C)on2)cc1.[HH]. The van der Waals surface area contributed by atoms with Gasteiger partial charge in [-0.2, -0.15) is 0 Å². The topological polar surface area (TPSA) is 85.8 Å². The minimum atomic E-state index is -0.0790. The second-order valence-electron chi connectivity index (χ2n) is 7.88. The lowest BCUT2D eigenvalue weighted by atomic mass is 10.1. The number of hydrogen-bond donors (Lipinski definition) is 1. The number of aryl methyl sites for hydroxylation is 1. The fraction of sp³-hybridized carbons (Fsp3) is 0.250. The van der Waals surface area contributed by atoms with Gasteiger partial charge in [-0.3, -0.25) is 9.78 Å². The molecular formula is C24H26BrN5O2. The van der Waals surface area contributed by atoms with Crippen molar-refractivity contribution in [3.05, 3.63) is 74.9 Å². The molecule has 4 rings (SSSR count). The molecule has 1 aromatic carbocycles. The van der Waals surface area contributed by atoms with Crippen LogP contribution in [-0.2, 0) is 6.54 Å². The molecule has 4 aromatic rings. The van der Waals surface area contributed by atoms with Crippen molar-refractivity contribution >= 4 is 15.9 Å². The van der Waals surface area contributed by atoms with E-state index in [9.17, 15) is 4.79 Å². The highest BCUT2D eigenvalue weighted by Crippen LogP contribution is 2.29. The van der Waals surface area contributed by atoms with Crippen molar-refractivity contribution in [2.75, 3.05) is 7.05 Å². The molecule has 0 saturated heterocycles. The average molecular weight is 496 g/mol. The third-order valence-electron chi connectivity index (χ3n) is 5.18. The quantitative estimate of drug-likeness (QED) is 0.393. The van der Waals surface area contributed by atoms with E-state index in [1.165, 1.54) is 5.56 Å². The largest absolute Gasteiger partial charge is 0.354 e. The Balaban J connectivity index is 0.00000306. The van der Waals surface area contributed by atoms with E-state index in [-0.39, 0.29) is 13.0 Å². The van der Waals surface area contributed by atoms with Gasteiger partial charge < -0.3 is 14.4 Å². The van der Waals surface area contributed by atoms with Crippen LogP contribution in [0, 0.1) is 6.92 Å². The highest BCUT2D eigenvalue weighted by atomic mass is 79.9. The van der Waals surface area contributed by atoms with Crippen molar-refractivity contribution < 1.29 is 5.95 Å². The molecule has 166 valence electrons. The van der Waals surface area contributed by atoms with E-state index in [0.29, 0.717) is 21.6 Å². The predicted octanol–water partition coefficient (Wildman–Crippen LogP) is 5.24.